The molecule has 2 heterocycles. The molecule has 4 heteroatoms. The average Bonchev–Trinajstić information content (AvgIpc) is 3.80. The molecule has 7 aromatic carbocycles. The van der Waals surface area contributed by atoms with E-state index in [0.29, 0.717) is 5.89 Å². The monoisotopic (exact) mass is 634 g/mol. The molecule has 2 aromatic heterocycles. The SMILES string of the molecule is CC1(C)c2ccccc2-c2ccc(N(c3ccc4c(c3)sc3ccccc34)c3cccc4c3ccc3nc(-c5ccccc5)oc34)cc21. The number of hydrogen-bond acceptors (Lipinski definition) is 4. The second-order valence-corrected chi connectivity index (χ2v) is 14.3. The summed E-state index contributed by atoms with van der Waals surface area (Å²) >= 11 is 1.85. The summed E-state index contributed by atoms with van der Waals surface area (Å²) in [5.41, 5.74) is 11.2. The number of aromatic nitrogens is 1. The van der Waals surface area contributed by atoms with Crippen molar-refractivity contribution in [3.8, 4) is 22.6 Å². The van der Waals surface area contributed by atoms with E-state index in [9.17, 15) is 0 Å². The summed E-state index contributed by atoms with van der Waals surface area (Å²) in [4.78, 5) is 7.30. The highest BCUT2D eigenvalue weighted by molar-refractivity contribution is 7.25. The number of anilines is 3. The Morgan fingerprint density at radius 1 is 0.562 bits per heavy atom. The van der Waals surface area contributed by atoms with E-state index in [0.717, 1.165) is 44.5 Å². The van der Waals surface area contributed by atoms with Crippen LogP contribution in [0.4, 0.5) is 17.1 Å². The van der Waals surface area contributed by atoms with Gasteiger partial charge in [-0.1, -0.05) is 98.8 Å². The molecule has 0 amide bonds. The second-order valence-electron chi connectivity index (χ2n) is 13.2. The lowest BCUT2D eigenvalue weighted by molar-refractivity contribution is 0.623. The third-order valence-electron chi connectivity index (χ3n) is 10.1. The molecule has 0 saturated heterocycles. The number of fused-ring (bicyclic) bond motifs is 9. The van der Waals surface area contributed by atoms with Crippen molar-refractivity contribution >= 4 is 70.4 Å². The van der Waals surface area contributed by atoms with Crippen molar-refractivity contribution in [1.29, 1.82) is 0 Å². The van der Waals surface area contributed by atoms with Crippen LogP contribution in [0, 0.1) is 0 Å². The largest absolute Gasteiger partial charge is 0.435 e. The van der Waals surface area contributed by atoms with Gasteiger partial charge in [-0.2, -0.15) is 0 Å². The van der Waals surface area contributed by atoms with E-state index in [4.69, 9.17) is 9.40 Å². The summed E-state index contributed by atoms with van der Waals surface area (Å²) in [7, 11) is 0. The molecule has 1 aliphatic rings. The Bertz CT molecular complexity index is 2720. The van der Waals surface area contributed by atoms with Crippen molar-refractivity contribution in [2.45, 2.75) is 19.3 Å². The van der Waals surface area contributed by atoms with Crippen LogP contribution in [0.15, 0.2) is 150 Å². The lowest BCUT2D eigenvalue weighted by atomic mass is 9.82. The molecule has 0 aliphatic heterocycles. The molecule has 0 atom stereocenters. The van der Waals surface area contributed by atoms with Crippen LogP contribution in [0.25, 0.3) is 64.6 Å². The minimum Gasteiger partial charge on any atom is -0.435 e. The van der Waals surface area contributed by atoms with Gasteiger partial charge in [0.15, 0.2) is 5.58 Å². The fourth-order valence-corrected chi connectivity index (χ4v) is 8.88. The van der Waals surface area contributed by atoms with Gasteiger partial charge in [0.2, 0.25) is 5.89 Å². The van der Waals surface area contributed by atoms with Gasteiger partial charge in [0, 0.05) is 53.3 Å². The van der Waals surface area contributed by atoms with Crippen molar-refractivity contribution in [3.63, 3.8) is 0 Å². The van der Waals surface area contributed by atoms with E-state index in [1.807, 2.05) is 41.7 Å². The molecular formula is C44H30N2OS. The summed E-state index contributed by atoms with van der Waals surface area (Å²) in [6.07, 6.45) is 0. The van der Waals surface area contributed by atoms with E-state index in [1.54, 1.807) is 0 Å². The molecule has 0 saturated carbocycles. The van der Waals surface area contributed by atoms with Crippen LogP contribution >= 0.6 is 11.3 Å². The van der Waals surface area contributed by atoms with E-state index in [1.165, 1.54) is 42.4 Å². The lowest BCUT2D eigenvalue weighted by Crippen LogP contribution is -2.16. The average molecular weight is 635 g/mol. The normalized spacial score (nSPS) is 13.4. The molecule has 48 heavy (non-hydrogen) atoms. The zero-order valence-corrected chi connectivity index (χ0v) is 27.4. The number of oxazole rings is 1. The number of nitrogens with zero attached hydrogens (tertiary/aromatic N) is 2. The first kappa shape index (κ1) is 27.4. The molecule has 228 valence electrons. The smallest absolute Gasteiger partial charge is 0.227 e. The van der Waals surface area contributed by atoms with Gasteiger partial charge in [-0.05, 0) is 82.9 Å². The predicted octanol–water partition coefficient (Wildman–Crippen LogP) is 12.8. The minimum atomic E-state index is -0.109. The quantitative estimate of drug-likeness (QED) is 0.193. The third-order valence-corrected chi connectivity index (χ3v) is 11.2. The van der Waals surface area contributed by atoms with Crippen molar-refractivity contribution < 1.29 is 4.42 Å². The van der Waals surface area contributed by atoms with Gasteiger partial charge in [-0.15, -0.1) is 11.3 Å². The van der Waals surface area contributed by atoms with Gasteiger partial charge in [0.1, 0.15) is 5.52 Å². The zero-order valence-electron chi connectivity index (χ0n) is 26.6. The number of hydrogen-bond donors (Lipinski definition) is 0. The van der Waals surface area contributed by atoms with Crippen LogP contribution in [0.2, 0.25) is 0 Å². The third kappa shape index (κ3) is 3.96. The summed E-state index contributed by atoms with van der Waals surface area (Å²) in [5, 5.41) is 4.75. The Labute approximate surface area is 282 Å². The molecule has 0 fully saturated rings. The van der Waals surface area contributed by atoms with Gasteiger partial charge >= 0.3 is 0 Å². The maximum Gasteiger partial charge on any atom is 0.227 e. The molecule has 0 radical (unpaired) electrons. The van der Waals surface area contributed by atoms with Crippen molar-refractivity contribution in [2.75, 3.05) is 4.90 Å². The first-order valence-electron chi connectivity index (χ1n) is 16.4. The van der Waals surface area contributed by atoms with Crippen LogP contribution in [-0.4, -0.2) is 4.98 Å². The first-order chi connectivity index (χ1) is 23.5. The predicted molar refractivity (Wildman–Crippen MR) is 202 cm³/mol. The molecule has 0 spiro atoms. The number of rotatable bonds is 4. The van der Waals surface area contributed by atoms with Crippen LogP contribution in [0.1, 0.15) is 25.0 Å². The highest BCUT2D eigenvalue weighted by Gasteiger charge is 2.36. The van der Waals surface area contributed by atoms with E-state index < -0.39 is 0 Å². The molecule has 10 rings (SSSR count). The Morgan fingerprint density at radius 2 is 1.27 bits per heavy atom. The van der Waals surface area contributed by atoms with Crippen LogP contribution < -0.4 is 4.90 Å². The summed E-state index contributed by atoms with van der Waals surface area (Å²) in [6, 6.07) is 52.4. The molecular weight excluding hydrogens is 605 g/mol. The topological polar surface area (TPSA) is 29.3 Å². The zero-order chi connectivity index (χ0) is 32.0. The van der Waals surface area contributed by atoms with Gasteiger partial charge in [-0.3, -0.25) is 0 Å². The van der Waals surface area contributed by atoms with Gasteiger partial charge < -0.3 is 9.32 Å². The number of thiophene rings is 1. The Hall–Kier alpha value is -5.71. The van der Waals surface area contributed by atoms with Crippen LogP contribution in [0.3, 0.4) is 0 Å². The van der Waals surface area contributed by atoms with Gasteiger partial charge in [0.05, 0.1) is 5.69 Å². The Kier molecular flexibility index (Phi) is 5.79. The van der Waals surface area contributed by atoms with Crippen molar-refractivity contribution in [3.05, 3.63) is 157 Å². The first-order valence-corrected chi connectivity index (χ1v) is 17.2. The molecule has 1 aliphatic carbocycles. The molecule has 9 aromatic rings. The van der Waals surface area contributed by atoms with Crippen LogP contribution in [0.5, 0.6) is 0 Å². The highest BCUT2D eigenvalue weighted by atomic mass is 32.1. The van der Waals surface area contributed by atoms with E-state index >= 15 is 0 Å². The number of benzene rings is 7. The summed E-state index contributed by atoms with van der Waals surface area (Å²) in [6.45, 7) is 4.69. The maximum absolute atomic E-state index is 6.50. The summed E-state index contributed by atoms with van der Waals surface area (Å²) < 4.78 is 9.08. The molecule has 0 bridgehead atoms. The van der Waals surface area contributed by atoms with Crippen molar-refractivity contribution in [2.24, 2.45) is 0 Å². The lowest BCUT2D eigenvalue weighted by Gasteiger charge is -2.29. The maximum atomic E-state index is 6.50. The Balaban J connectivity index is 1.21. The molecule has 0 N–H and O–H groups in total. The summed E-state index contributed by atoms with van der Waals surface area (Å²) in [5.74, 6) is 0.635. The van der Waals surface area contributed by atoms with Gasteiger partial charge in [-0.25, -0.2) is 4.98 Å². The fourth-order valence-electron chi connectivity index (χ4n) is 7.74. The minimum absolute atomic E-state index is 0.109. The standard InChI is InChI=1S/C44H30N2OS/c1-44(2)36-16-8-6-13-30(36)31-21-19-28(25-37(31)44)46(29-20-22-34-33-14-7-9-18-40(33)48-41(34)26-29)39-17-10-15-35-32(39)23-24-38-42(35)47-43(45-38)27-11-4-3-5-12-27/h3-26H,1-2H3. The van der Waals surface area contributed by atoms with Crippen molar-refractivity contribution in [1.82, 2.24) is 4.98 Å². The highest BCUT2D eigenvalue weighted by Crippen LogP contribution is 2.51. The molecule has 3 nitrogen and oxygen atoms in total. The van der Waals surface area contributed by atoms with Crippen LogP contribution in [-0.2, 0) is 5.41 Å². The Morgan fingerprint density at radius 3 is 2.19 bits per heavy atom. The second kappa shape index (κ2) is 10.1. The fraction of sp³-hybridized carbons (Fsp3) is 0.0682. The molecule has 0 unspecified atom stereocenters. The van der Waals surface area contributed by atoms with Gasteiger partial charge in [0.25, 0.3) is 0 Å². The van der Waals surface area contributed by atoms with E-state index in [-0.39, 0.29) is 5.41 Å². The van der Waals surface area contributed by atoms with E-state index in [2.05, 4.69) is 134 Å².